The molecule has 122 valence electrons. The second kappa shape index (κ2) is 5.49. The second-order valence-corrected chi connectivity index (χ2v) is 6.27. The molecule has 0 spiro atoms. The lowest BCUT2D eigenvalue weighted by atomic mass is 9.87. The van der Waals surface area contributed by atoms with E-state index < -0.39 is 0 Å². The minimum atomic E-state index is -0.146. The van der Waals surface area contributed by atoms with Gasteiger partial charge in [-0.3, -0.25) is 9.48 Å². The van der Waals surface area contributed by atoms with Crippen LogP contribution in [0.1, 0.15) is 29.2 Å². The predicted molar refractivity (Wildman–Crippen MR) is 91.6 cm³/mol. The molecule has 7 heteroatoms. The molecule has 3 aromatic rings. The third-order valence-corrected chi connectivity index (χ3v) is 4.81. The fraction of sp³-hybridized carbons (Fsp3) is 0.235. The Morgan fingerprint density at radius 3 is 2.71 bits per heavy atom. The number of carbonyl (C=O) groups is 1. The number of rotatable bonds is 2. The number of nitrogens with one attached hydrogen (secondary N) is 1. The topological polar surface area (TPSA) is 64.7 Å². The predicted octanol–water partition coefficient (Wildman–Crippen LogP) is 3.04. The molecule has 1 unspecified atom stereocenters. The molecule has 6 nitrogen and oxygen atoms in total. The summed E-state index contributed by atoms with van der Waals surface area (Å²) in [5, 5.41) is 12.4. The van der Waals surface area contributed by atoms with E-state index in [1.54, 1.807) is 22.6 Å². The Hall–Kier alpha value is -2.60. The maximum atomic E-state index is 12.3. The van der Waals surface area contributed by atoms with Crippen LogP contribution in [0.4, 0.5) is 5.82 Å². The van der Waals surface area contributed by atoms with E-state index in [2.05, 4.69) is 15.5 Å². The monoisotopic (exact) mass is 341 g/mol. The highest BCUT2D eigenvalue weighted by Gasteiger charge is 2.34. The molecule has 2 aromatic heterocycles. The van der Waals surface area contributed by atoms with Crippen molar-refractivity contribution in [3.63, 3.8) is 0 Å². The fourth-order valence-corrected chi connectivity index (χ4v) is 3.59. The molecule has 4 rings (SSSR count). The summed E-state index contributed by atoms with van der Waals surface area (Å²) in [4.78, 5) is 12.3. The van der Waals surface area contributed by atoms with Crippen molar-refractivity contribution in [1.82, 2.24) is 19.6 Å². The van der Waals surface area contributed by atoms with Crippen LogP contribution in [0.15, 0.2) is 36.5 Å². The molecule has 1 aliphatic rings. The first-order valence-electron chi connectivity index (χ1n) is 7.68. The van der Waals surface area contributed by atoms with Crippen molar-refractivity contribution in [2.45, 2.75) is 19.3 Å². The zero-order valence-corrected chi connectivity index (χ0v) is 14.1. The summed E-state index contributed by atoms with van der Waals surface area (Å²) in [5.74, 6) is 0.499. The maximum Gasteiger partial charge on any atom is 0.226 e. The van der Waals surface area contributed by atoms with Crippen molar-refractivity contribution in [1.29, 1.82) is 0 Å². The highest BCUT2D eigenvalue weighted by atomic mass is 35.5. The lowest BCUT2D eigenvalue weighted by Gasteiger charge is -2.23. The zero-order valence-electron chi connectivity index (χ0n) is 13.3. The molecular weight excluding hydrogens is 326 g/mol. The van der Waals surface area contributed by atoms with Crippen LogP contribution >= 0.6 is 11.6 Å². The molecule has 1 atom stereocenters. The molecule has 24 heavy (non-hydrogen) atoms. The van der Waals surface area contributed by atoms with Gasteiger partial charge in [0.25, 0.3) is 0 Å². The van der Waals surface area contributed by atoms with Crippen molar-refractivity contribution in [3.05, 3.63) is 58.5 Å². The zero-order chi connectivity index (χ0) is 16.8. The van der Waals surface area contributed by atoms with E-state index >= 15 is 0 Å². The van der Waals surface area contributed by atoms with Gasteiger partial charge in [0, 0.05) is 30.5 Å². The lowest BCUT2D eigenvalue weighted by Crippen LogP contribution is -2.25. The van der Waals surface area contributed by atoms with Crippen molar-refractivity contribution < 1.29 is 4.79 Å². The van der Waals surface area contributed by atoms with Gasteiger partial charge in [-0.05, 0) is 19.1 Å². The first-order valence-corrected chi connectivity index (χ1v) is 8.06. The lowest BCUT2D eigenvalue weighted by molar-refractivity contribution is -0.116. The van der Waals surface area contributed by atoms with Crippen molar-refractivity contribution >= 4 is 23.3 Å². The molecule has 1 aromatic carbocycles. The van der Waals surface area contributed by atoms with E-state index in [9.17, 15) is 4.79 Å². The average Bonchev–Trinajstić information content (AvgIpc) is 3.09. The normalized spacial score (nSPS) is 16.8. The number of aryl methyl sites for hydroxylation is 2. The highest BCUT2D eigenvalue weighted by Crippen LogP contribution is 2.41. The molecule has 1 aliphatic heterocycles. The molecule has 0 saturated heterocycles. The number of aromatic nitrogens is 4. The maximum absolute atomic E-state index is 12.3. The van der Waals surface area contributed by atoms with E-state index in [-0.39, 0.29) is 11.8 Å². The average molecular weight is 342 g/mol. The van der Waals surface area contributed by atoms with E-state index in [1.807, 2.05) is 37.3 Å². The number of hydrogen-bond acceptors (Lipinski definition) is 3. The molecule has 3 heterocycles. The third kappa shape index (κ3) is 2.22. The number of anilines is 1. The number of hydrogen-bond donors (Lipinski definition) is 1. The fourth-order valence-electron chi connectivity index (χ4n) is 3.28. The van der Waals surface area contributed by atoms with Crippen LogP contribution in [0, 0.1) is 6.92 Å². The minimum Gasteiger partial charge on any atom is -0.310 e. The van der Waals surface area contributed by atoms with Crippen LogP contribution in [-0.4, -0.2) is 25.5 Å². The number of carbonyl (C=O) groups excluding carboxylic acids is 1. The van der Waals surface area contributed by atoms with Crippen molar-refractivity contribution in [2.24, 2.45) is 7.05 Å². The quantitative estimate of drug-likeness (QED) is 0.779. The smallest absolute Gasteiger partial charge is 0.226 e. The number of nitrogens with zero attached hydrogens (tertiary/aromatic N) is 4. The molecule has 0 bridgehead atoms. The van der Waals surface area contributed by atoms with Gasteiger partial charge in [0.05, 0.1) is 17.6 Å². The Labute approximate surface area is 144 Å². The van der Waals surface area contributed by atoms with Crippen LogP contribution in [0.3, 0.4) is 0 Å². The molecular formula is C17H16ClN5O. The van der Waals surface area contributed by atoms with Crippen LogP contribution in [0.2, 0.25) is 5.15 Å². The molecule has 0 aliphatic carbocycles. The van der Waals surface area contributed by atoms with Crippen molar-refractivity contribution in [3.8, 4) is 5.69 Å². The summed E-state index contributed by atoms with van der Waals surface area (Å²) >= 11 is 6.43. The Bertz CT molecular complexity index is 928. The number of halogens is 1. The van der Waals surface area contributed by atoms with E-state index in [0.29, 0.717) is 17.4 Å². The minimum absolute atomic E-state index is 0.0514. The van der Waals surface area contributed by atoms with E-state index in [1.165, 1.54) is 0 Å². The van der Waals surface area contributed by atoms with Gasteiger partial charge >= 0.3 is 0 Å². The number of benzene rings is 1. The van der Waals surface area contributed by atoms with Gasteiger partial charge in [-0.15, -0.1) is 0 Å². The molecule has 0 fully saturated rings. The Kier molecular flexibility index (Phi) is 3.42. The molecule has 0 radical (unpaired) electrons. The van der Waals surface area contributed by atoms with E-state index in [0.717, 1.165) is 22.5 Å². The summed E-state index contributed by atoms with van der Waals surface area (Å²) < 4.78 is 3.39. The third-order valence-electron chi connectivity index (χ3n) is 4.37. The van der Waals surface area contributed by atoms with Crippen LogP contribution < -0.4 is 5.32 Å². The SMILES string of the molecule is Cc1nn(C)c(Cl)c1C1CC(=O)Nc2c1cnn2-c1ccccc1. The van der Waals surface area contributed by atoms with Crippen LogP contribution in [0.5, 0.6) is 0 Å². The molecule has 0 saturated carbocycles. The van der Waals surface area contributed by atoms with Gasteiger partial charge in [-0.1, -0.05) is 29.8 Å². The van der Waals surface area contributed by atoms with Gasteiger partial charge in [0.2, 0.25) is 5.91 Å². The summed E-state index contributed by atoms with van der Waals surface area (Å²) in [6, 6.07) is 9.72. The van der Waals surface area contributed by atoms with Gasteiger partial charge in [-0.2, -0.15) is 10.2 Å². The Morgan fingerprint density at radius 2 is 2.04 bits per heavy atom. The largest absolute Gasteiger partial charge is 0.310 e. The summed E-state index contributed by atoms with van der Waals surface area (Å²) in [6.45, 7) is 1.91. The number of amides is 1. The number of fused-ring (bicyclic) bond motifs is 1. The Balaban J connectivity index is 1.87. The Morgan fingerprint density at radius 1 is 1.29 bits per heavy atom. The van der Waals surface area contributed by atoms with Gasteiger partial charge in [0.15, 0.2) is 0 Å². The second-order valence-electron chi connectivity index (χ2n) is 5.91. The molecule has 1 amide bonds. The van der Waals surface area contributed by atoms with Crippen LogP contribution in [-0.2, 0) is 11.8 Å². The highest BCUT2D eigenvalue weighted by molar-refractivity contribution is 6.30. The van der Waals surface area contributed by atoms with Gasteiger partial charge in [-0.25, -0.2) is 4.68 Å². The van der Waals surface area contributed by atoms with Crippen LogP contribution in [0.25, 0.3) is 5.69 Å². The first kappa shape index (κ1) is 15.0. The standard InChI is InChI=1S/C17H16ClN5O/c1-10-15(16(18)22(2)21-10)12-8-14(24)20-17-13(12)9-19-23(17)11-6-4-3-5-7-11/h3-7,9,12H,8H2,1-2H3,(H,20,24). The molecule has 1 N–H and O–H groups in total. The summed E-state index contributed by atoms with van der Waals surface area (Å²) in [5.41, 5.74) is 3.58. The number of para-hydroxylation sites is 1. The summed E-state index contributed by atoms with van der Waals surface area (Å²) in [7, 11) is 1.80. The van der Waals surface area contributed by atoms with Gasteiger partial charge in [0.1, 0.15) is 11.0 Å². The summed E-state index contributed by atoms with van der Waals surface area (Å²) in [6.07, 6.45) is 2.13. The van der Waals surface area contributed by atoms with Crippen molar-refractivity contribution in [2.75, 3.05) is 5.32 Å². The first-order chi connectivity index (χ1) is 11.6. The van der Waals surface area contributed by atoms with E-state index in [4.69, 9.17) is 11.6 Å². The van der Waals surface area contributed by atoms with Gasteiger partial charge < -0.3 is 5.32 Å².